The van der Waals surface area contributed by atoms with Gasteiger partial charge >= 0.3 is 30.2 Å². The van der Waals surface area contributed by atoms with Crippen molar-refractivity contribution in [3.05, 3.63) is 35.9 Å². The molecule has 1 aromatic rings. The van der Waals surface area contributed by atoms with Gasteiger partial charge in [0.2, 0.25) is 5.91 Å². The monoisotopic (exact) mass is 762 g/mol. The smallest absolute Gasteiger partial charge is 0.317 e. The number of carbonyl (C=O) groups excluding carboxylic acids is 6. The van der Waals surface area contributed by atoms with Gasteiger partial charge in [-0.05, 0) is 63.6 Å². The van der Waals surface area contributed by atoms with Crippen LogP contribution in [0.2, 0.25) is 0 Å². The molecule has 1 heterocycles. The third-order valence-corrected chi connectivity index (χ3v) is 8.74. The number of amides is 11. The predicted octanol–water partition coefficient (Wildman–Crippen LogP) is -0.678. The number of nitrogens with two attached hydrogens (primary N) is 3. The van der Waals surface area contributed by atoms with Gasteiger partial charge in [-0.25, -0.2) is 24.0 Å². The lowest BCUT2D eigenvalue weighted by molar-refractivity contribution is -0.119. The van der Waals surface area contributed by atoms with E-state index >= 15 is 0 Å². The van der Waals surface area contributed by atoms with Crippen molar-refractivity contribution in [3.63, 3.8) is 0 Å². The summed E-state index contributed by atoms with van der Waals surface area (Å²) in [5.41, 5.74) is 17.6. The van der Waals surface area contributed by atoms with Crippen LogP contribution in [0.3, 0.4) is 0 Å². The van der Waals surface area contributed by atoms with Crippen molar-refractivity contribution in [1.29, 1.82) is 0 Å². The molecule has 6 atom stereocenters. The van der Waals surface area contributed by atoms with Gasteiger partial charge in [0, 0.05) is 63.8 Å². The average molecular weight is 762 g/mol. The molecule has 15 N–H and O–H groups in total. The number of benzene rings is 1. The molecule has 1 aromatic carbocycles. The number of hydrogen-bond acceptors (Lipinski definition) is 8. The summed E-state index contributed by atoms with van der Waals surface area (Å²) >= 11 is 0. The largest absolute Gasteiger partial charge is 0.352 e. The molecule has 0 radical (unpaired) electrons. The van der Waals surface area contributed by atoms with Gasteiger partial charge in [-0.15, -0.1) is 0 Å². The number of urea groups is 5. The summed E-state index contributed by atoms with van der Waals surface area (Å²) < 4.78 is 0. The average Bonchev–Trinajstić information content (AvgIpc) is 3.47. The summed E-state index contributed by atoms with van der Waals surface area (Å²) in [5.74, 6) is 0.00658. The van der Waals surface area contributed by atoms with E-state index in [1.165, 1.54) is 6.92 Å². The molecule has 11 amide bonds. The van der Waals surface area contributed by atoms with Crippen molar-refractivity contribution in [2.45, 2.75) is 96.1 Å². The molecule has 1 saturated heterocycles. The van der Waals surface area contributed by atoms with Crippen LogP contribution in [0.4, 0.5) is 24.0 Å². The maximum absolute atomic E-state index is 13.0. The van der Waals surface area contributed by atoms with E-state index < -0.39 is 42.2 Å². The highest BCUT2D eigenvalue weighted by atomic mass is 16.2. The SMILES string of the molecule is CC(=O)N[C@H](CNC(=O)N[C@@H](CCN)CNC(=O)N[C@H](CNC(=O)N[C@H]1CC(C)N(C(=O)N[C@@H](CCN)CNC(N)=O)C1)CC(C)C)Cc1ccccc1. The third-order valence-electron chi connectivity index (χ3n) is 8.74. The van der Waals surface area contributed by atoms with E-state index in [-0.39, 0.29) is 75.3 Å². The lowest BCUT2D eigenvalue weighted by atomic mass is 10.0. The maximum atomic E-state index is 13.0. The first-order chi connectivity index (χ1) is 25.7. The minimum Gasteiger partial charge on any atom is -0.352 e. The predicted molar refractivity (Wildman–Crippen MR) is 206 cm³/mol. The summed E-state index contributed by atoms with van der Waals surface area (Å²) in [6, 6.07) is 5.22. The van der Waals surface area contributed by atoms with Crippen molar-refractivity contribution in [1.82, 2.24) is 52.8 Å². The number of carbonyl (C=O) groups is 6. The molecule has 54 heavy (non-hydrogen) atoms. The van der Waals surface area contributed by atoms with Gasteiger partial charge < -0.3 is 70.0 Å². The van der Waals surface area contributed by atoms with Crippen LogP contribution in [-0.4, -0.2) is 123 Å². The van der Waals surface area contributed by atoms with Crippen molar-refractivity contribution < 1.29 is 28.8 Å². The quantitative estimate of drug-likeness (QED) is 0.0761. The van der Waals surface area contributed by atoms with Gasteiger partial charge in [0.1, 0.15) is 0 Å². The van der Waals surface area contributed by atoms with Gasteiger partial charge in [0.15, 0.2) is 0 Å². The molecule has 1 aliphatic rings. The maximum Gasteiger partial charge on any atom is 0.317 e. The van der Waals surface area contributed by atoms with Crippen LogP contribution in [0.25, 0.3) is 0 Å². The Bertz CT molecular complexity index is 1340. The zero-order valence-electron chi connectivity index (χ0n) is 32.0. The topological polar surface area (TPSA) is 292 Å². The zero-order valence-corrected chi connectivity index (χ0v) is 32.0. The van der Waals surface area contributed by atoms with Crippen molar-refractivity contribution >= 4 is 36.1 Å². The second-order valence-corrected chi connectivity index (χ2v) is 14.2. The number of hydrogen-bond donors (Lipinski definition) is 12. The number of nitrogens with one attached hydrogen (secondary N) is 9. The van der Waals surface area contributed by atoms with Crippen LogP contribution in [0.15, 0.2) is 30.3 Å². The number of primary amides is 1. The highest BCUT2D eigenvalue weighted by Gasteiger charge is 2.34. The van der Waals surface area contributed by atoms with Crippen LogP contribution < -0.4 is 65.1 Å². The van der Waals surface area contributed by atoms with E-state index in [4.69, 9.17) is 17.2 Å². The summed E-state index contributed by atoms with van der Waals surface area (Å²) in [4.78, 5) is 76.1. The molecule has 1 fully saturated rings. The summed E-state index contributed by atoms with van der Waals surface area (Å²) in [6.07, 6.45) is 2.52. The molecule has 2 rings (SSSR count). The summed E-state index contributed by atoms with van der Waals surface area (Å²) in [7, 11) is 0. The molecule has 0 aromatic heterocycles. The zero-order chi connectivity index (χ0) is 40.0. The molecule has 0 saturated carbocycles. The second-order valence-electron chi connectivity index (χ2n) is 14.2. The molecular weight excluding hydrogens is 698 g/mol. The Hall–Kier alpha value is -5.04. The van der Waals surface area contributed by atoms with Gasteiger partial charge in [-0.2, -0.15) is 0 Å². The van der Waals surface area contributed by atoms with E-state index in [0.717, 1.165) is 5.56 Å². The Balaban J connectivity index is 1.83. The fourth-order valence-corrected chi connectivity index (χ4v) is 6.23. The molecule has 19 heteroatoms. The number of rotatable bonds is 21. The van der Waals surface area contributed by atoms with E-state index in [9.17, 15) is 28.8 Å². The minimum atomic E-state index is -0.696. The van der Waals surface area contributed by atoms with Gasteiger partial charge in [0.05, 0.1) is 12.1 Å². The normalized spacial score (nSPS) is 17.3. The van der Waals surface area contributed by atoms with Crippen LogP contribution in [0.1, 0.15) is 58.9 Å². The van der Waals surface area contributed by atoms with Crippen LogP contribution >= 0.6 is 0 Å². The Morgan fingerprint density at radius 2 is 1.28 bits per heavy atom. The first-order valence-electron chi connectivity index (χ1n) is 18.6. The van der Waals surface area contributed by atoms with Crippen molar-refractivity contribution in [2.24, 2.45) is 23.1 Å². The Labute approximate surface area is 318 Å². The van der Waals surface area contributed by atoms with Crippen molar-refractivity contribution in [2.75, 3.05) is 45.8 Å². The van der Waals surface area contributed by atoms with Gasteiger partial charge in [-0.3, -0.25) is 4.79 Å². The van der Waals surface area contributed by atoms with E-state index in [1.54, 1.807) is 4.90 Å². The molecule has 0 aliphatic carbocycles. The van der Waals surface area contributed by atoms with Gasteiger partial charge in [0.25, 0.3) is 0 Å². The standard InChI is InChI=1S/C35H63N13O6/c1-22(2)14-28(19-41-34(53)46-30-15-23(3)48(21-30)35(54)47-27(11-13-37)17-39-31(38)50)45-33(52)40-18-26(10-12-36)44-32(51)42-20-29(43-24(4)49)16-25-8-6-5-7-9-25/h5-9,22-23,26-30H,10-21,36-37H2,1-4H3,(H,43,49)(H,47,54)(H3,38,39,50)(H2,40,45,52)(H2,41,46,53)(H2,42,44,51)/t23?,26-,27-,28-,29-,30-/m0/s1. The molecule has 304 valence electrons. The number of likely N-dealkylation sites (tertiary alicyclic amines) is 1. The van der Waals surface area contributed by atoms with Crippen LogP contribution in [0, 0.1) is 5.92 Å². The van der Waals surface area contributed by atoms with E-state index in [2.05, 4.69) is 47.9 Å². The first kappa shape index (κ1) is 45.1. The second kappa shape index (κ2) is 24.3. The molecule has 19 nitrogen and oxygen atoms in total. The minimum absolute atomic E-state index is 0.108. The molecular formula is C35H63N13O6. The Morgan fingerprint density at radius 1 is 0.741 bits per heavy atom. The molecule has 0 bridgehead atoms. The Kier molecular flexibility index (Phi) is 20.3. The van der Waals surface area contributed by atoms with Crippen molar-refractivity contribution in [3.8, 4) is 0 Å². The highest BCUT2D eigenvalue weighted by molar-refractivity contribution is 5.78. The fourth-order valence-electron chi connectivity index (χ4n) is 6.23. The van der Waals surface area contributed by atoms with E-state index in [1.807, 2.05) is 51.1 Å². The summed E-state index contributed by atoms with van der Waals surface area (Å²) in [6.45, 7) is 8.80. The van der Waals surface area contributed by atoms with Crippen LogP contribution in [0.5, 0.6) is 0 Å². The summed E-state index contributed by atoms with van der Waals surface area (Å²) in [5, 5.41) is 25.3. The van der Waals surface area contributed by atoms with Gasteiger partial charge in [-0.1, -0.05) is 44.2 Å². The Morgan fingerprint density at radius 3 is 1.85 bits per heavy atom. The molecule has 1 aliphatic heterocycles. The fraction of sp³-hybridized carbons (Fsp3) is 0.657. The van der Waals surface area contributed by atoms with E-state index in [0.29, 0.717) is 38.6 Å². The highest BCUT2D eigenvalue weighted by Crippen LogP contribution is 2.18. The first-order valence-corrected chi connectivity index (χ1v) is 18.6. The number of nitrogens with zero attached hydrogens (tertiary/aromatic N) is 1. The molecule has 1 unspecified atom stereocenters. The third kappa shape index (κ3) is 18.6. The molecule has 0 spiro atoms. The lowest BCUT2D eigenvalue weighted by Gasteiger charge is -2.26. The lowest BCUT2D eigenvalue weighted by Crippen LogP contribution is -2.54. The van der Waals surface area contributed by atoms with Crippen LogP contribution in [-0.2, 0) is 11.2 Å².